The maximum absolute atomic E-state index is 12.8. The molecule has 8 heteroatoms. The third-order valence-electron chi connectivity index (χ3n) is 4.72. The van der Waals surface area contributed by atoms with Crippen LogP contribution in [0.15, 0.2) is 30.3 Å². The van der Waals surface area contributed by atoms with Crippen LogP contribution in [0.2, 0.25) is 0 Å². The molecule has 0 aliphatic carbocycles. The van der Waals surface area contributed by atoms with Gasteiger partial charge in [0.25, 0.3) is 5.91 Å². The molecule has 2 aromatic rings. The molecule has 2 heterocycles. The summed E-state index contributed by atoms with van der Waals surface area (Å²) in [5.74, 6) is 1.79. The normalized spacial score (nSPS) is 14.0. The highest BCUT2D eigenvalue weighted by Gasteiger charge is 2.24. The van der Waals surface area contributed by atoms with E-state index in [0.717, 1.165) is 11.3 Å². The van der Waals surface area contributed by atoms with Gasteiger partial charge in [0, 0.05) is 51.3 Å². The Morgan fingerprint density at radius 3 is 2.46 bits per heavy atom. The van der Waals surface area contributed by atoms with Crippen LogP contribution in [0.4, 0.5) is 5.82 Å². The van der Waals surface area contributed by atoms with Crippen LogP contribution in [0, 0.1) is 6.92 Å². The molecule has 0 bridgehead atoms. The molecule has 0 radical (unpaired) electrons. The Kier molecular flexibility index (Phi) is 6.08. The molecule has 1 aromatic heterocycles. The fourth-order valence-electron chi connectivity index (χ4n) is 3.19. The van der Waals surface area contributed by atoms with Crippen molar-refractivity contribution in [3.63, 3.8) is 0 Å². The number of ether oxygens (including phenoxy) is 1. The number of methoxy groups -OCH3 is 1. The largest absolute Gasteiger partial charge is 0.496 e. The van der Waals surface area contributed by atoms with E-state index in [1.165, 1.54) is 0 Å². The predicted octanol–water partition coefficient (Wildman–Crippen LogP) is 1.71. The van der Waals surface area contributed by atoms with Crippen molar-refractivity contribution in [3.8, 4) is 5.75 Å². The Labute approximate surface area is 164 Å². The number of piperazine rings is 1. The number of benzene rings is 1. The number of amides is 2. The number of aryl methyl sites for hydroxylation is 1. The molecule has 28 heavy (non-hydrogen) atoms. The minimum atomic E-state index is -0.144. The Bertz CT molecular complexity index is 863. The number of anilines is 1. The van der Waals surface area contributed by atoms with E-state index in [0.29, 0.717) is 50.1 Å². The molecule has 0 unspecified atom stereocenters. The topological polar surface area (TPSA) is 87.7 Å². The summed E-state index contributed by atoms with van der Waals surface area (Å²) in [7, 11) is 1.64. The maximum atomic E-state index is 12.8. The van der Waals surface area contributed by atoms with Crippen LogP contribution in [0.1, 0.15) is 28.8 Å². The van der Waals surface area contributed by atoms with E-state index in [1.54, 1.807) is 36.8 Å². The highest BCUT2D eigenvalue weighted by molar-refractivity contribution is 5.93. The van der Waals surface area contributed by atoms with Crippen molar-refractivity contribution in [3.05, 3.63) is 47.4 Å². The Morgan fingerprint density at radius 2 is 1.79 bits per heavy atom. The Balaban J connectivity index is 1.69. The van der Waals surface area contributed by atoms with Crippen LogP contribution in [0.25, 0.3) is 0 Å². The highest BCUT2D eigenvalue weighted by atomic mass is 16.5. The number of rotatable bonds is 5. The zero-order valence-electron chi connectivity index (χ0n) is 16.4. The molecule has 1 aliphatic heterocycles. The number of nitrogens with zero attached hydrogens (tertiary/aromatic N) is 4. The molecule has 148 valence electrons. The minimum absolute atomic E-state index is 0.0350. The summed E-state index contributed by atoms with van der Waals surface area (Å²) >= 11 is 0. The van der Waals surface area contributed by atoms with E-state index in [2.05, 4.69) is 15.3 Å². The van der Waals surface area contributed by atoms with Gasteiger partial charge in [-0.1, -0.05) is 18.2 Å². The number of carbonyl (C=O) groups excluding carboxylic acids is 2. The van der Waals surface area contributed by atoms with Crippen molar-refractivity contribution in [2.24, 2.45) is 0 Å². The van der Waals surface area contributed by atoms with Crippen LogP contribution in [0.5, 0.6) is 5.75 Å². The summed E-state index contributed by atoms with van der Waals surface area (Å²) in [5.41, 5.74) is 1.35. The molecule has 1 fully saturated rings. The van der Waals surface area contributed by atoms with Gasteiger partial charge in [0.05, 0.1) is 7.11 Å². The first kappa shape index (κ1) is 19.6. The van der Waals surface area contributed by atoms with Crippen LogP contribution >= 0.6 is 0 Å². The average molecular weight is 383 g/mol. The van der Waals surface area contributed by atoms with E-state index in [-0.39, 0.29) is 11.8 Å². The Hall–Kier alpha value is -3.16. The standard InChI is InChI=1S/C20H25N5O3/c1-14-22-17(20(27)25-10-8-24(9-11-25)15(2)26)12-19(23-14)21-13-16-6-4-5-7-18(16)28-3/h4-7,12H,8-11,13H2,1-3H3,(H,21,22,23). The van der Waals surface area contributed by atoms with Gasteiger partial charge in [0.15, 0.2) is 0 Å². The van der Waals surface area contributed by atoms with Gasteiger partial charge in [0.2, 0.25) is 5.91 Å². The molecule has 2 amide bonds. The lowest BCUT2D eigenvalue weighted by atomic mass is 10.2. The van der Waals surface area contributed by atoms with Gasteiger partial charge in [-0.15, -0.1) is 0 Å². The fourth-order valence-corrected chi connectivity index (χ4v) is 3.19. The second-order valence-electron chi connectivity index (χ2n) is 6.65. The van der Waals surface area contributed by atoms with E-state index >= 15 is 0 Å². The summed E-state index contributed by atoms with van der Waals surface area (Å²) in [4.78, 5) is 36.5. The lowest BCUT2D eigenvalue weighted by Gasteiger charge is -2.34. The second-order valence-corrected chi connectivity index (χ2v) is 6.65. The quantitative estimate of drug-likeness (QED) is 0.846. The maximum Gasteiger partial charge on any atom is 0.272 e. The van der Waals surface area contributed by atoms with Crippen molar-refractivity contribution in [1.82, 2.24) is 19.8 Å². The third kappa shape index (κ3) is 4.57. The van der Waals surface area contributed by atoms with E-state index < -0.39 is 0 Å². The molecule has 1 N–H and O–H groups in total. The van der Waals surface area contributed by atoms with Crippen molar-refractivity contribution in [2.75, 3.05) is 38.6 Å². The molecule has 1 aromatic carbocycles. The lowest BCUT2D eigenvalue weighted by Crippen LogP contribution is -2.50. The molecule has 8 nitrogen and oxygen atoms in total. The van der Waals surface area contributed by atoms with Gasteiger partial charge in [-0.25, -0.2) is 9.97 Å². The van der Waals surface area contributed by atoms with Gasteiger partial charge in [0.1, 0.15) is 23.1 Å². The second kappa shape index (κ2) is 8.69. The summed E-state index contributed by atoms with van der Waals surface area (Å²) in [6.07, 6.45) is 0. The third-order valence-corrected chi connectivity index (χ3v) is 4.72. The summed E-state index contributed by atoms with van der Waals surface area (Å²) in [5, 5.41) is 3.24. The average Bonchev–Trinajstić information content (AvgIpc) is 2.71. The van der Waals surface area contributed by atoms with Crippen molar-refractivity contribution in [2.45, 2.75) is 20.4 Å². The van der Waals surface area contributed by atoms with Crippen molar-refractivity contribution >= 4 is 17.6 Å². The zero-order valence-corrected chi connectivity index (χ0v) is 16.4. The number of hydrogen-bond donors (Lipinski definition) is 1. The number of nitrogens with one attached hydrogen (secondary N) is 1. The molecular weight excluding hydrogens is 358 g/mol. The van der Waals surface area contributed by atoms with E-state index in [9.17, 15) is 9.59 Å². The van der Waals surface area contributed by atoms with Gasteiger partial charge in [-0.3, -0.25) is 9.59 Å². The molecule has 1 saturated heterocycles. The predicted molar refractivity (Wildman–Crippen MR) is 105 cm³/mol. The van der Waals surface area contributed by atoms with Crippen molar-refractivity contribution < 1.29 is 14.3 Å². The van der Waals surface area contributed by atoms with E-state index in [1.807, 2.05) is 24.3 Å². The first-order valence-corrected chi connectivity index (χ1v) is 9.24. The summed E-state index contributed by atoms with van der Waals surface area (Å²) < 4.78 is 5.36. The molecular formula is C20H25N5O3. The van der Waals surface area contributed by atoms with E-state index in [4.69, 9.17) is 4.74 Å². The van der Waals surface area contributed by atoms with Crippen LogP contribution in [-0.2, 0) is 11.3 Å². The number of hydrogen-bond acceptors (Lipinski definition) is 6. The minimum Gasteiger partial charge on any atom is -0.496 e. The number of aromatic nitrogens is 2. The molecule has 0 spiro atoms. The molecule has 1 aliphatic rings. The number of para-hydroxylation sites is 1. The van der Waals surface area contributed by atoms with Gasteiger partial charge in [-0.05, 0) is 13.0 Å². The van der Waals surface area contributed by atoms with Crippen molar-refractivity contribution in [1.29, 1.82) is 0 Å². The highest BCUT2D eigenvalue weighted by Crippen LogP contribution is 2.19. The molecule has 0 saturated carbocycles. The van der Waals surface area contributed by atoms with Crippen LogP contribution < -0.4 is 10.1 Å². The fraction of sp³-hybridized carbons (Fsp3) is 0.400. The molecule has 3 rings (SSSR count). The SMILES string of the molecule is COc1ccccc1CNc1cc(C(=O)N2CCN(C(C)=O)CC2)nc(C)n1. The first-order valence-electron chi connectivity index (χ1n) is 9.24. The van der Waals surface area contributed by atoms with Gasteiger partial charge < -0.3 is 19.9 Å². The lowest BCUT2D eigenvalue weighted by molar-refractivity contribution is -0.130. The Morgan fingerprint density at radius 1 is 1.11 bits per heavy atom. The zero-order chi connectivity index (χ0) is 20.1. The van der Waals surface area contributed by atoms with Gasteiger partial charge >= 0.3 is 0 Å². The molecule has 0 atom stereocenters. The van der Waals surface area contributed by atoms with Crippen LogP contribution in [-0.4, -0.2) is 64.9 Å². The summed E-state index contributed by atoms with van der Waals surface area (Å²) in [6.45, 7) is 5.93. The smallest absolute Gasteiger partial charge is 0.272 e. The summed E-state index contributed by atoms with van der Waals surface area (Å²) in [6, 6.07) is 9.40. The first-order chi connectivity index (χ1) is 13.5. The van der Waals surface area contributed by atoms with Gasteiger partial charge in [-0.2, -0.15) is 0 Å². The van der Waals surface area contributed by atoms with Crippen LogP contribution in [0.3, 0.4) is 0 Å². The number of carbonyl (C=O) groups is 2. The monoisotopic (exact) mass is 383 g/mol.